The summed E-state index contributed by atoms with van der Waals surface area (Å²) in [6.45, 7) is 13.3. The monoisotopic (exact) mass is 194 g/mol. The van der Waals surface area contributed by atoms with Crippen LogP contribution in [0, 0.1) is 5.92 Å². The second-order valence-electron chi connectivity index (χ2n) is 3.48. The van der Waals surface area contributed by atoms with Gasteiger partial charge >= 0.3 is 0 Å². The van der Waals surface area contributed by atoms with Gasteiger partial charge in [-0.15, -0.1) is 0 Å². The first-order valence-electron chi connectivity index (χ1n) is 4.72. The van der Waals surface area contributed by atoms with Gasteiger partial charge in [-0.05, 0) is 13.5 Å². The summed E-state index contributed by atoms with van der Waals surface area (Å²) in [5, 5.41) is 9.43. The molecule has 78 valence electrons. The molecule has 0 rings (SSSR count). The molecule has 0 aromatic rings. The molecule has 0 aliphatic carbocycles. The Balaban J connectivity index is 5.44. The number of hydrogen-bond donors (Lipinski definition) is 1. The molecular formula is C12H20NO+. The molecule has 0 spiro atoms. The Kier molecular flexibility index (Phi) is 4.92. The largest absolute Gasteiger partial charge is 0.508 e. The second kappa shape index (κ2) is 5.43. The Morgan fingerprint density at radius 1 is 1.43 bits per heavy atom. The molecule has 0 aromatic heterocycles. The molecule has 0 saturated heterocycles. The minimum Gasteiger partial charge on any atom is -0.508 e. The number of hydrogen-bond acceptors (Lipinski definition) is 1. The van der Waals surface area contributed by atoms with Crippen LogP contribution in [0.1, 0.15) is 20.8 Å². The van der Waals surface area contributed by atoms with E-state index in [0.29, 0.717) is 5.92 Å². The fraction of sp³-hybridized carbons (Fsp3) is 0.417. The number of aliphatic hydroxyl groups is 1. The van der Waals surface area contributed by atoms with Gasteiger partial charge in [0.15, 0.2) is 11.9 Å². The summed E-state index contributed by atoms with van der Waals surface area (Å²) >= 11 is 0. The predicted octanol–water partition coefficient (Wildman–Crippen LogP) is 2.89. The molecule has 0 fully saturated rings. The number of rotatable bonds is 4. The highest BCUT2D eigenvalue weighted by Gasteiger charge is 2.21. The lowest BCUT2D eigenvalue weighted by Gasteiger charge is -2.10. The number of nitrogens with zero attached hydrogens (tertiary/aromatic N) is 1. The minimum absolute atomic E-state index is 0.102. The van der Waals surface area contributed by atoms with E-state index in [2.05, 4.69) is 27.0 Å². The fourth-order valence-corrected chi connectivity index (χ4v) is 1.47. The van der Waals surface area contributed by atoms with Gasteiger partial charge in [-0.25, -0.2) is 4.58 Å². The van der Waals surface area contributed by atoms with Crippen molar-refractivity contribution in [3.8, 4) is 0 Å². The average molecular weight is 194 g/mol. The maximum Gasteiger partial charge on any atom is 0.194 e. The van der Waals surface area contributed by atoms with Crippen molar-refractivity contribution in [3.05, 3.63) is 36.8 Å². The van der Waals surface area contributed by atoms with Crippen molar-refractivity contribution in [1.29, 1.82) is 0 Å². The summed E-state index contributed by atoms with van der Waals surface area (Å²) < 4.78 is 1.90. The summed E-state index contributed by atoms with van der Waals surface area (Å²) in [5.41, 5.74) is 1.80. The van der Waals surface area contributed by atoms with Crippen LogP contribution < -0.4 is 0 Å². The normalized spacial score (nSPS) is 13.9. The van der Waals surface area contributed by atoms with E-state index in [1.165, 1.54) is 0 Å². The predicted molar refractivity (Wildman–Crippen MR) is 61.8 cm³/mol. The lowest BCUT2D eigenvalue weighted by molar-refractivity contribution is -0.423. The van der Waals surface area contributed by atoms with Crippen molar-refractivity contribution in [2.24, 2.45) is 5.92 Å². The van der Waals surface area contributed by atoms with Crippen LogP contribution in [0.2, 0.25) is 0 Å². The second-order valence-corrected chi connectivity index (χ2v) is 3.48. The van der Waals surface area contributed by atoms with Gasteiger partial charge in [0.1, 0.15) is 12.8 Å². The molecule has 1 N–H and O–H groups in total. The van der Waals surface area contributed by atoms with Gasteiger partial charge in [-0.3, -0.25) is 0 Å². The summed E-state index contributed by atoms with van der Waals surface area (Å²) in [7, 11) is 1.91. The van der Waals surface area contributed by atoms with E-state index in [-0.39, 0.29) is 5.76 Å². The van der Waals surface area contributed by atoms with Crippen molar-refractivity contribution >= 4 is 5.71 Å². The standard InChI is InChI=1S/C12H19NO/c1-7-11(10(5)14)12(9(3)4)13(6)8-2/h7-9H,2,5H2,1,3-4,6H3/p+1/b11-7-,13-12?. The van der Waals surface area contributed by atoms with Gasteiger partial charge in [0.2, 0.25) is 0 Å². The smallest absolute Gasteiger partial charge is 0.194 e. The van der Waals surface area contributed by atoms with Crippen molar-refractivity contribution in [1.82, 2.24) is 0 Å². The molecule has 0 atom stereocenters. The van der Waals surface area contributed by atoms with E-state index in [0.717, 1.165) is 11.3 Å². The third kappa shape index (κ3) is 2.87. The van der Waals surface area contributed by atoms with Crippen LogP contribution in [0.25, 0.3) is 0 Å². The summed E-state index contributed by atoms with van der Waals surface area (Å²) in [6, 6.07) is 0. The van der Waals surface area contributed by atoms with Crippen LogP contribution in [0.4, 0.5) is 0 Å². The van der Waals surface area contributed by atoms with Crippen molar-refractivity contribution < 1.29 is 9.68 Å². The van der Waals surface area contributed by atoms with E-state index in [9.17, 15) is 5.11 Å². The topological polar surface area (TPSA) is 23.2 Å². The molecule has 0 saturated carbocycles. The Bertz CT molecular complexity index is 295. The number of allylic oxidation sites excluding steroid dienone is 2. The molecular weight excluding hydrogens is 174 g/mol. The van der Waals surface area contributed by atoms with Crippen LogP contribution in [0.15, 0.2) is 36.8 Å². The molecule has 0 bridgehead atoms. The molecule has 0 amide bonds. The first-order valence-corrected chi connectivity index (χ1v) is 4.72. The van der Waals surface area contributed by atoms with Crippen molar-refractivity contribution in [2.45, 2.75) is 20.8 Å². The maximum atomic E-state index is 9.43. The Hall–Kier alpha value is -1.31. The van der Waals surface area contributed by atoms with Crippen LogP contribution in [-0.4, -0.2) is 22.4 Å². The molecule has 2 heteroatoms. The van der Waals surface area contributed by atoms with E-state index >= 15 is 0 Å². The van der Waals surface area contributed by atoms with Gasteiger partial charge in [-0.1, -0.05) is 26.5 Å². The number of aliphatic hydroxyl groups excluding tert-OH is 1. The Labute approximate surface area is 86.6 Å². The maximum absolute atomic E-state index is 9.43. The molecule has 0 aromatic carbocycles. The molecule has 14 heavy (non-hydrogen) atoms. The van der Waals surface area contributed by atoms with Gasteiger partial charge < -0.3 is 5.11 Å². The van der Waals surface area contributed by atoms with Crippen LogP contribution in [-0.2, 0) is 0 Å². The van der Waals surface area contributed by atoms with Crippen molar-refractivity contribution in [3.63, 3.8) is 0 Å². The average Bonchev–Trinajstić information content (AvgIpc) is 2.11. The van der Waals surface area contributed by atoms with E-state index < -0.39 is 0 Å². The summed E-state index contributed by atoms with van der Waals surface area (Å²) in [6.07, 6.45) is 3.58. The molecule has 0 radical (unpaired) electrons. The van der Waals surface area contributed by atoms with Gasteiger partial charge in [0.05, 0.1) is 5.57 Å². The molecule has 0 unspecified atom stereocenters. The van der Waals surface area contributed by atoms with Crippen LogP contribution in [0.3, 0.4) is 0 Å². The molecule has 0 aliphatic heterocycles. The molecule has 0 aliphatic rings. The lowest BCUT2D eigenvalue weighted by atomic mass is 9.98. The first kappa shape index (κ1) is 12.7. The SMILES string of the molecule is C=C[N+](C)=C(/C(=C\C)C(=C)O)C(C)C. The zero-order valence-corrected chi connectivity index (χ0v) is 9.54. The fourth-order valence-electron chi connectivity index (χ4n) is 1.47. The quantitative estimate of drug-likeness (QED) is 0.316. The van der Waals surface area contributed by atoms with Crippen molar-refractivity contribution in [2.75, 3.05) is 7.05 Å². The zero-order chi connectivity index (χ0) is 11.3. The summed E-state index contributed by atoms with van der Waals surface area (Å²) in [5.74, 6) is 0.415. The third-order valence-electron chi connectivity index (χ3n) is 2.08. The highest BCUT2D eigenvalue weighted by Crippen LogP contribution is 2.13. The zero-order valence-electron chi connectivity index (χ0n) is 9.54. The summed E-state index contributed by atoms with van der Waals surface area (Å²) in [4.78, 5) is 0. The van der Waals surface area contributed by atoms with Crippen LogP contribution >= 0.6 is 0 Å². The Morgan fingerprint density at radius 2 is 1.93 bits per heavy atom. The first-order chi connectivity index (χ1) is 6.45. The lowest BCUT2D eigenvalue weighted by Crippen LogP contribution is -2.22. The highest BCUT2D eigenvalue weighted by molar-refractivity contribution is 6.00. The van der Waals surface area contributed by atoms with Gasteiger partial charge in [0.25, 0.3) is 0 Å². The molecule has 0 heterocycles. The minimum atomic E-state index is 0.102. The van der Waals surface area contributed by atoms with Crippen LogP contribution in [0.5, 0.6) is 0 Å². The van der Waals surface area contributed by atoms with E-state index in [1.807, 2.05) is 24.6 Å². The van der Waals surface area contributed by atoms with Gasteiger partial charge in [-0.2, -0.15) is 0 Å². The highest BCUT2D eigenvalue weighted by atomic mass is 16.3. The third-order valence-corrected chi connectivity index (χ3v) is 2.08. The van der Waals surface area contributed by atoms with E-state index in [1.54, 1.807) is 6.20 Å². The van der Waals surface area contributed by atoms with E-state index in [4.69, 9.17) is 0 Å². The Morgan fingerprint density at radius 3 is 2.14 bits per heavy atom. The van der Waals surface area contributed by atoms with Gasteiger partial charge in [0, 0.05) is 5.92 Å². The molecule has 2 nitrogen and oxygen atoms in total.